The van der Waals surface area contributed by atoms with Crippen molar-refractivity contribution in [2.45, 2.75) is 40.3 Å². The van der Waals surface area contributed by atoms with Gasteiger partial charge in [-0.2, -0.15) is 0 Å². The Kier molecular flexibility index (Phi) is 6.15. The van der Waals surface area contributed by atoms with Crippen molar-refractivity contribution in [1.29, 1.82) is 0 Å². The number of hydrogen-bond donors (Lipinski definition) is 2. The third-order valence-electron chi connectivity index (χ3n) is 4.62. The second kappa shape index (κ2) is 8.12. The van der Waals surface area contributed by atoms with Crippen molar-refractivity contribution < 1.29 is 19.2 Å². The summed E-state index contributed by atoms with van der Waals surface area (Å²) < 4.78 is 5.09. The molecular weight excluding hydrogens is 316 g/mol. The molecule has 1 aromatic heterocycles. The van der Waals surface area contributed by atoms with Crippen LogP contribution in [0.4, 0.5) is 0 Å². The second-order valence-corrected chi connectivity index (χ2v) is 6.44. The van der Waals surface area contributed by atoms with E-state index in [9.17, 15) is 9.59 Å². The first-order valence-corrected chi connectivity index (χ1v) is 8.63. The molecule has 5 heteroatoms. The minimum absolute atomic E-state index is 0.00424. The summed E-state index contributed by atoms with van der Waals surface area (Å²) in [5.41, 5.74) is 3.50. The first-order chi connectivity index (χ1) is 11.9. The molecule has 0 fully saturated rings. The van der Waals surface area contributed by atoms with Gasteiger partial charge < -0.3 is 14.6 Å². The fourth-order valence-corrected chi connectivity index (χ4v) is 3.02. The van der Waals surface area contributed by atoms with E-state index in [1.807, 2.05) is 32.2 Å². The topological polar surface area (TPSA) is 63.6 Å². The standard InChI is InChI=1S/C20H26N2O3/c1-6-25-20(24)17-13(2)18(21-14(17)3)19(23)15(4)22(5)12-16-10-8-7-9-11-16/h7-11,15,21H,6,12H2,1-5H3/p+1/t15-/m1/s1. The van der Waals surface area contributed by atoms with Crippen molar-refractivity contribution in [3.63, 3.8) is 0 Å². The number of likely N-dealkylation sites (N-methyl/N-ethyl adjacent to an activating group) is 1. The van der Waals surface area contributed by atoms with E-state index in [4.69, 9.17) is 4.74 Å². The molecule has 0 amide bonds. The summed E-state index contributed by atoms with van der Waals surface area (Å²) in [6.45, 7) is 8.35. The average molecular weight is 343 g/mol. The van der Waals surface area contributed by atoms with Crippen molar-refractivity contribution in [1.82, 2.24) is 4.98 Å². The number of quaternary nitrogens is 1. The van der Waals surface area contributed by atoms with Crippen LogP contribution in [0.5, 0.6) is 0 Å². The van der Waals surface area contributed by atoms with E-state index >= 15 is 0 Å². The molecule has 1 unspecified atom stereocenters. The minimum Gasteiger partial charge on any atom is -0.462 e. The zero-order valence-electron chi connectivity index (χ0n) is 15.6. The lowest BCUT2D eigenvalue weighted by Crippen LogP contribution is -3.12. The number of aromatic nitrogens is 1. The Bertz CT molecular complexity index is 750. The van der Waals surface area contributed by atoms with Crippen molar-refractivity contribution in [3.05, 3.63) is 58.4 Å². The number of rotatable bonds is 7. The van der Waals surface area contributed by atoms with Crippen LogP contribution in [-0.4, -0.2) is 36.4 Å². The van der Waals surface area contributed by atoms with Crippen LogP contribution in [0.25, 0.3) is 0 Å². The number of esters is 1. The average Bonchev–Trinajstić information content (AvgIpc) is 2.89. The van der Waals surface area contributed by atoms with Gasteiger partial charge in [-0.1, -0.05) is 30.3 Å². The van der Waals surface area contributed by atoms with Crippen LogP contribution in [0.2, 0.25) is 0 Å². The van der Waals surface area contributed by atoms with E-state index in [2.05, 4.69) is 17.1 Å². The van der Waals surface area contributed by atoms with E-state index in [1.165, 1.54) is 5.56 Å². The van der Waals surface area contributed by atoms with Gasteiger partial charge in [-0.05, 0) is 33.3 Å². The lowest BCUT2D eigenvalue weighted by Gasteiger charge is -2.20. The molecule has 0 aliphatic heterocycles. The molecule has 2 aromatic rings. The summed E-state index contributed by atoms with van der Waals surface area (Å²) in [7, 11) is 2.01. The molecule has 2 rings (SSSR count). The Hall–Kier alpha value is -2.40. The van der Waals surface area contributed by atoms with Gasteiger partial charge in [-0.25, -0.2) is 4.79 Å². The van der Waals surface area contributed by atoms with E-state index < -0.39 is 0 Å². The van der Waals surface area contributed by atoms with Gasteiger partial charge in [0.2, 0.25) is 5.78 Å². The van der Waals surface area contributed by atoms with Gasteiger partial charge in [0, 0.05) is 11.3 Å². The molecule has 5 nitrogen and oxygen atoms in total. The molecule has 2 N–H and O–H groups in total. The number of benzene rings is 1. The number of hydrogen-bond acceptors (Lipinski definition) is 3. The highest BCUT2D eigenvalue weighted by atomic mass is 16.5. The fraction of sp³-hybridized carbons (Fsp3) is 0.400. The van der Waals surface area contributed by atoms with Crippen LogP contribution in [0, 0.1) is 13.8 Å². The first-order valence-electron chi connectivity index (χ1n) is 8.63. The number of nitrogens with one attached hydrogen (secondary N) is 2. The van der Waals surface area contributed by atoms with Crippen molar-refractivity contribution >= 4 is 11.8 Å². The lowest BCUT2D eigenvalue weighted by molar-refractivity contribution is -0.907. The van der Waals surface area contributed by atoms with E-state index in [1.54, 1.807) is 20.8 Å². The fourth-order valence-electron chi connectivity index (χ4n) is 3.02. The Labute approximate surface area is 149 Å². The van der Waals surface area contributed by atoms with E-state index in [0.717, 1.165) is 11.4 Å². The Balaban J connectivity index is 2.19. The predicted octanol–water partition coefficient (Wildman–Crippen LogP) is 2.09. The number of Topliss-reactive ketones (excluding diaryl/α,β-unsaturated/α-hetero) is 1. The molecule has 0 saturated carbocycles. The van der Waals surface area contributed by atoms with Gasteiger partial charge in [-0.15, -0.1) is 0 Å². The van der Waals surface area contributed by atoms with Gasteiger partial charge in [0.05, 0.1) is 24.9 Å². The molecular formula is C20H27N2O3+. The zero-order valence-corrected chi connectivity index (χ0v) is 15.6. The first kappa shape index (κ1) is 18.9. The quantitative estimate of drug-likeness (QED) is 0.598. The van der Waals surface area contributed by atoms with E-state index in [0.29, 0.717) is 29.1 Å². The summed E-state index contributed by atoms with van der Waals surface area (Å²) in [5.74, 6) is -0.380. The van der Waals surface area contributed by atoms with Crippen molar-refractivity contribution in [2.24, 2.45) is 0 Å². The molecule has 1 aromatic carbocycles. The van der Waals surface area contributed by atoms with Crippen LogP contribution in [0.15, 0.2) is 30.3 Å². The molecule has 0 bridgehead atoms. The maximum absolute atomic E-state index is 12.9. The summed E-state index contributed by atoms with van der Waals surface area (Å²) in [5, 5.41) is 0. The number of aromatic amines is 1. The smallest absolute Gasteiger partial charge is 0.340 e. The summed E-state index contributed by atoms with van der Waals surface area (Å²) in [6.07, 6.45) is 0. The third kappa shape index (κ3) is 4.17. The normalized spacial score (nSPS) is 13.3. The summed E-state index contributed by atoms with van der Waals surface area (Å²) in [6, 6.07) is 9.87. The number of carbonyl (C=O) groups excluding carboxylic acids is 2. The highest BCUT2D eigenvalue weighted by Crippen LogP contribution is 2.20. The highest BCUT2D eigenvalue weighted by Gasteiger charge is 2.29. The number of ketones is 1. The Morgan fingerprint density at radius 2 is 1.84 bits per heavy atom. The number of ether oxygens (including phenoxy) is 1. The van der Waals surface area contributed by atoms with Crippen LogP contribution >= 0.6 is 0 Å². The van der Waals surface area contributed by atoms with Gasteiger partial charge in [-0.3, -0.25) is 4.79 Å². The number of aryl methyl sites for hydroxylation is 1. The van der Waals surface area contributed by atoms with Gasteiger partial charge >= 0.3 is 5.97 Å². The van der Waals surface area contributed by atoms with Gasteiger partial charge in [0.15, 0.2) is 6.04 Å². The molecule has 0 saturated heterocycles. The maximum atomic E-state index is 12.9. The monoisotopic (exact) mass is 343 g/mol. The van der Waals surface area contributed by atoms with Gasteiger partial charge in [0.25, 0.3) is 0 Å². The van der Waals surface area contributed by atoms with Crippen LogP contribution in [0.1, 0.15) is 51.5 Å². The molecule has 0 aliphatic rings. The van der Waals surface area contributed by atoms with Crippen LogP contribution < -0.4 is 4.90 Å². The lowest BCUT2D eigenvalue weighted by atomic mass is 10.0. The molecule has 0 spiro atoms. The molecule has 0 radical (unpaired) electrons. The Morgan fingerprint density at radius 1 is 1.20 bits per heavy atom. The predicted molar refractivity (Wildman–Crippen MR) is 97.0 cm³/mol. The molecule has 2 atom stereocenters. The SMILES string of the molecule is CCOC(=O)c1c(C)[nH]c(C(=O)[C@@H](C)[NH+](C)Cc2ccccc2)c1C. The Morgan fingerprint density at radius 3 is 2.44 bits per heavy atom. The maximum Gasteiger partial charge on any atom is 0.340 e. The van der Waals surface area contributed by atoms with Crippen LogP contribution in [-0.2, 0) is 11.3 Å². The minimum atomic E-state index is -0.384. The third-order valence-corrected chi connectivity index (χ3v) is 4.62. The molecule has 25 heavy (non-hydrogen) atoms. The van der Waals surface area contributed by atoms with Crippen LogP contribution in [0.3, 0.4) is 0 Å². The largest absolute Gasteiger partial charge is 0.462 e. The number of carbonyl (C=O) groups is 2. The molecule has 0 aliphatic carbocycles. The zero-order chi connectivity index (χ0) is 18.6. The molecule has 1 heterocycles. The molecule has 134 valence electrons. The second-order valence-electron chi connectivity index (χ2n) is 6.44. The van der Waals surface area contributed by atoms with E-state index in [-0.39, 0.29) is 17.8 Å². The summed E-state index contributed by atoms with van der Waals surface area (Å²) >= 11 is 0. The number of H-pyrrole nitrogens is 1. The summed E-state index contributed by atoms with van der Waals surface area (Å²) in [4.78, 5) is 29.2. The highest BCUT2D eigenvalue weighted by molar-refractivity contribution is 6.03. The van der Waals surface area contributed by atoms with Crippen molar-refractivity contribution in [3.8, 4) is 0 Å². The van der Waals surface area contributed by atoms with Crippen molar-refractivity contribution in [2.75, 3.05) is 13.7 Å². The van der Waals surface area contributed by atoms with Gasteiger partial charge in [0.1, 0.15) is 6.54 Å².